The van der Waals surface area contributed by atoms with Crippen molar-refractivity contribution < 1.29 is 9.59 Å². The van der Waals surface area contributed by atoms with Gasteiger partial charge < -0.3 is 9.47 Å². The van der Waals surface area contributed by atoms with Gasteiger partial charge >= 0.3 is 0 Å². The average molecular weight is 359 g/mol. The topological polar surface area (TPSA) is 55.2 Å². The van der Waals surface area contributed by atoms with E-state index in [9.17, 15) is 9.59 Å². The van der Waals surface area contributed by atoms with Gasteiger partial charge in [0, 0.05) is 48.2 Å². The molecule has 0 aliphatic carbocycles. The van der Waals surface area contributed by atoms with Crippen LogP contribution in [0.2, 0.25) is 0 Å². The number of piperidine rings is 1. The summed E-state index contributed by atoms with van der Waals surface area (Å²) in [5.41, 5.74) is 2.40. The Bertz CT molecular complexity index is 910. The van der Waals surface area contributed by atoms with Crippen LogP contribution in [0.1, 0.15) is 33.6 Å². The first-order chi connectivity index (χ1) is 13.2. The van der Waals surface area contributed by atoms with Crippen molar-refractivity contribution in [3.05, 3.63) is 84.4 Å². The molecule has 0 spiro atoms. The van der Waals surface area contributed by atoms with E-state index in [2.05, 4.69) is 4.98 Å². The average Bonchev–Trinajstić information content (AvgIpc) is 3.28. The number of nitrogens with zero attached hydrogens (tertiary/aromatic N) is 3. The molecule has 1 saturated heterocycles. The van der Waals surface area contributed by atoms with Crippen LogP contribution in [0.5, 0.6) is 0 Å². The van der Waals surface area contributed by atoms with Crippen LogP contribution in [0.4, 0.5) is 0 Å². The standard InChI is InChI=1S/C22H21N3O2/c26-21(17-4-2-1-3-5-17)18-10-13-24(14-11-18)22(27)19-6-8-20(9-7-19)25-15-12-23-16-25/h1-9,12,15-16,18H,10-11,13-14H2. The van der Waals surface area contributed by atoms with Gasteiger partial charge in [-0.05, 0) is 37.1 Å². The number of aromatic nitrogens is 2. The first-order valence-electron chi connectivity index (χ1n) is 9.19. The number of hydrogen-bond donors (Lipinski definition) is 0. The van der Waals surface area contributed by atoms with E-state index in [4.69, 9.17) is 0 Å². The Labute approximate surface area is 158 Å². The van der Waals surface area contributed by atoms with Gasteiger partial charge in [-0.25, -0.2) is 4.98 Å². The van der Waals surface area contributed by atoms with Crippen molar-refractivity contribution in [2.45, 2.75) is 12.8 Å². The Hall–Kier alpha value is -3.21. The van der Waals surface area contributed by atoms with Gasteiger partial charge in [-0.15, -0.1) is 0 Å². The number of ketones is 1. The first kappa shape index (κ1) is 17.2. The van der Waals surface area contributed by atoms with Crippen molar-refractivity contribution in [1.29, 1.82) is 0 Å². The fourth-order valence-corrected chi connectivity index (χ4v) is 3.55. The molecule has 1 amide bonds. The largest absolute Gasteiger partial charge is 0.339 e. The molecule has 0 N–H and O–H groups in total. The van der Waals surface area contributed by atoms with Gasteiger partial charge in [0.15, 0.2) is 5.78 Å². The number of amides is 1. The lowest BCUT2D eigenvalue weighted by Crippen LogP contribution is -2.40. The molecule has 1 fully saturated rings. The molecule has 3 aromatic rings. The summed E-state index contributed by atoms with van der Waals surface area (Å²) in [4.78, 5) is 31.2. The number of Topliss-reactive ketones (excluding diaryl/α,β-unsaturated/α-hetero) is 1. The van der Waals surface area contributed by atoms with Crippen molar-refractivity contribution in [3.8, 4) is 5.69 Å². The van der Waals surface area contributed by atoms with E-state index in [1.165, 1.54) is 0 Å². The molecule has 5 heteroatoms. The van der Waals surface area contributed by atoms with Crippen molar-refractivity contribution in [1.82, 2.24) is 14.5 Å². The molecule has 1 aromatic heterocycles. The predicted molar refractivity (Wildman–Crippen MR) is 103 cm³/mol. The Morgan fingerprint density at radius 3 is 2.22 bits per heavy atom. The van der Waals surface area contributed by atoms with Crippen LogP contribution in [-0.4, -0.2) is 39.2 Å². The molecule has 0 bridgehead atoms. The van der Waals surface area contributed by atoms with Gasteiger partial charge in [0.2, 0.25) is 0 Å². The highest BCUT2D eigenvalue weighted by atomic mass is 16.2. The monoisotopic (exact) mass is 359 g/mol. The molecule has 136 valence electrons. The van der Waals surface area contributed by atoms with E-state index >= 15 is 0 Å². The molecule has 1 aliphatic rings. The highest BCUT2D eigenvalue weighted by Crippen LogP contribution is 2.23. The Morgan fingerprint density at radius 2 is 1.59 bits per heavy atom. The SMILES string of the molecule is O=C(c1ccccc1)C1CCN(C(=O)c2ccc(-n3ccnc3)cc2)CC1. The van der Waals surface area contributed by atoms with Crippen LogP contribution in [0.3, 0.4) is 0 Å². The molecule has 0 atom stereocenters. The molecular weight excluding hydrogens is 338 g/mol. The molecule has 0 unspecified atom stereocenters. The number of imidazole rings is 1. The van der Waals surface area contributed by atoms with Gasteiger partial charge in [0.05, 0.1) is 6.33 Å². The lowest BCUT2D eigenvalue weighted by atomic mass is 9.88. The maximum absolute atomic E-state index is 12.8. The first-order valence-corrected chi connectivity index (χ1v) is 9.19. The lowest BCUT2D eigenvalue weighted by Gasteiger charge is -2.31. The molecular formula is C22H21N3O2. The zero-order chi connectivity index (χ0) is 18.6. The third kappa shape index (κ3) is 3.67. The molecule has 1 aliphatic heterocycles. The minimum atomic E-state index is 0.0000620. The van der Waals surface area contributed by atoms with E-state index in [1.807, 2.05) is 70.3 Å². The van der Waals surface area contributed by atoms with Gasteiger partial charge in [-0.2, -0.15) is 0 Å². The van der Waals surface area contributed by atoms with Gasteiger partial charge in [-0.3, -0.25) is 9.59 Å². The van der Waals surface area contributed by atoms with Crippen LogP contribution in [0, 0.1) is 5.92 Å². The van der Waals surface area contributed by atoms with Crippen LogP contribution < -0.4 is 0 Å². The second kappa shape index (κ2) is 7.58. The summed E-state index contributed by atoms with van der Waals surface area (Å²) < 4.78 is 1.90. The fourth-order valence-electron chi connectivity index (χ4n) is 3.55. The Balaban J connectivity index is 1.38. The Morgan fingerprint density at radius 1 is 0.889 bits per heavy atom. The van der Waals surface area contributed by atoms with Crippen molar-refractivity contribution >= 4 is 11.7 Å². The van der Waals surface area contributed by atoms with Gasteiger partial charge in [-0.1, -0.05) is 30.3 Å². The van der Waals surface area contributed by atoms with E-state index in [1.54, 1.807) is 12.5 Å². The van der Waals surface area contributed by atoms with Crippen LogP contribution in [0.25, 0.3) is 5.69 Å². The minimum Gasteiger partial charge on any atom is -0.339 e. The molecule has 0 radical (unpaired) electrons. The number of rotatable bonds is 4. The van der Waals surface area contributed by atoms with E-state index in [0.717, 1.165) is 11.3 Å². The summed E-state index contributed by atoms with van der Waals surface area (Å²) in [6.07, 6.45) is 6.75. The second-order valence-corrected chi connectivity index (χ2v) is 6.81. The van der Waals surface area contributed by atoms with Gasteiger partial charge in [0.25, 0.3) is 5.91 Å². The third-order valence-electron chi connectivity index (χ3n) is 5.13. The fraction of sp³-hybridized carbons (Fsp3) is 0.227. The maximum atomic E-state index is 12.8. The molecule has 4 rings (SSSR count). The molecule has 2 heterocycles. The van der Waals surface area contributed by atoms with E-state index < -0.39 is 0 Å². The number of likely N-dealkylation sites (tertiary alicyclic amines) is 1. The van der Waals surface area contributed by atoms with Crippen LogP contribution in [-0.2, 0) is 0 Å². The number of hydrogen-bond acceptors (Lipinski definition) is 3. The molecule has 2 aromatic carbocycles. The smallest absolute Gasteiger partial charge is 0.253 e. The summed E-state index contributed by atoms with van der Waals surface area (Å²) >= 11 is 0. The quantitative estimate of drug-likeness (QED) is 0.669. The zero-order valence-electron chi connectivity index (χ0n) is 15.0. The summed E-state index contributed by atoms with van der Waals surface area (Å²) in [7, 11) is 0. The zero-order valence-corrected chi connectivity index (χ0v) is 15.0. The number of carbonyl (C=O) groups is 2. The second-order valence-electron chi connectivity index (χ2n) is 6.81. The normalized spacial score (nSPS) is 14.9. The lowest BCUT2D eigenvalue weighted by molar-refractivity contribution is 0.0650. The summed E-state index contributed by atoms with van der Waals surface area (Å²) in [5.74, 6) is 0.213. The maximum Gasteiger partial charge on any atom is 0.253 e. The van der Waals surface area contributed by atoms with E-state index in [0.29, 0.717) is 31.5 Å². The number of benzene rings is 2. The summed E-state index contributed by atoms with van der Waals surface area (Å²) in [6.45, 7) is 1.23. The van der Waals surface area contributed by atoms with Crippen molar-refractivity contribution in [2.24, 2.45) is 5.92 Å². The highest BCUT2D eigenvalue weighted by Gasteiger charge is 2.28. The van der Waals surface area contributed by atoms with Crippen LogP contribution in [0.15, 0.2) is 73.3 Å². The minimum absolute atomic E-state index is 0.0000620. The van der Waals surface area contributed by atoms with Crippen LogP contribution >= 0.6 is 0 Å². The third-order valence-corrected chi connectivity index (χ3v) is 5.13. The highest BCUT2D eigenvalue weighted by molar-refractivity contribution is 5.98. The van der Waals surface area contributed by atoms with Crippen molar-refractivity contribution in [3.63, 3.8) is 0 Å². The summed E-state index contributed by atoms with van der Waals surface area (Å²) in [5, 5.41) is 0. The predicted octanol–water partition coefficient (Wildman–Crippen LogP) is 3.61. The molecule has 5 nitrogen and oxygen atoms in total. The Kier molecular flexibility index (Phi) is 4.83. The molecule has 0 saturated carbocycles. The van der Waals surface area contributed by atoms with Crippen molar-refractivity contribution in [2.75, 3.05) is 13.1 Å². The van der Waals surface area contributed by atoms with Gasteiger partial charge in [0.1, 0.15) is 0 Å². The number of carbonyl (C=O) groups excluding carboxylic acids is 2. The molecule has 27 heavy (non-hydrogen) atoms. The van der Waals surface area contributed by atoms with E-state index in [-0.39, 0.29) is 17.6 Å². The summed E-state index contributed by atoms with van der Waals surface area (Å²) in [6, 6.07) is 16.9.